The number of carbonyl (C=O) groups excluding carboxylic acids is 1. The molecule has 1 rings (SSSR count). The number of hydrogen-bond donors (Lipinski definition) is 1. The van der Waals surface area contributed by atoms with Crippen LogP contribution in [0.1, 0.15) is 19.8 Å². The minimum atomic E-state index is -0.0335. The lowest BCUT2D eigenvalue weighted by Crippen LogP contribution is -2.44. The molecule has 0 radical (unpaired) electrons. The highest BCUT2D eigenvalue weighted by atomic mass is 16.5. The Morgan fingerprint density at radius 2 is 2.18 bits per heavy atom. The van der Waals surface area contributed by atoms with E-state index in [-0.39, 0.29) is 11.9 Å². The van der Waals surface area contributed by atoms with E-state index in [0.717, 1.165) is 19.4 Å². The van der Waals surface area contributed by atoms with Crippen molar-refractivity contribution in [1.82, 2.24) is 9.80 Å². The molecule has 17 heavy (non-hydrogen) atoms. The van der Waals surface area contributed by atoms with E-state index >= 15 is 0 Å². The van der Waals surface area contributed by atoms with Crippen LogP contribution in [0.3, 0.4) is 0 Å². The summed E-state index contributed by atoms with van der Waals surface area (Å²) in [7, 11) is 3.56. The molecule has 1 aliphatic carbocycles. The van der Waals surface area contributed by atoms with Crippen molar-refractivity contribution in [2.24, 2.45) is 5.73 Å². The van der Waals surface area contributed by atoms with Gasteiger partial charge in [0.2, 0.25) is 5.91 Å². The van der Waals surface area contributed by atoms with Crippen LogP contribution in [0.5, 0.6) is 0 Å². The molecule has 0 aliphatic heterocycles. The maximum absolute atomic E-state index is 12.0. The molecule has 0 heterocycles. The van der Waals surface area contributed by atoms with Crippen molar-refractivity contribution >= 4 is 5.91 Å². The molecule has 100 valence electrons. The van der Waals surface area contributed by atoms with Crippen molar-refractivity contribution < 1.29 is 9.53 Å². The molecule has 1 fully saturated rings. The monoisotopic (exact) mass is 243 g/mol. The number of rotatable bonds is 8. The predicted octanol–water partition coefficient (Wildman–Crippen LogP) is -0.0972. The zero-order valence-corrected chi connectivity index (χ0v) is 11.2. The first-order chi connectivity index (χ1) is 8.08. The van der Waals surface area contributed by atoms with E-state index in [1.165, 1.54) is 0 Å². The lowest BCUT2D eigenvalue weighted by molar-refractivity contribution is -0.132. The standard InChI is InChI=1S/C12H25N3O2/c1-4-15(11-5-6-11)12(16)8-14(2)7-10(13)9-17-3/h10-11H,4-9,13H2,1-3H3. The van der Waals surface area contributed by atoms with Gasteiger partial charge in [-0.25, -0.2) is 0 Å². The molecule has 2 N–H and O–H groups in total. The van der Waals surface area contributed by atoms with Crippen molar-refractivity contribution in [3.63, 3.8) is 0 Å². The van der Waals surface area contributed by atoms with Crippen molar-refractivity contribution in [1.29, 1.82) is 0 Å². The molecule has 0 spiro atoms. The van der Waals surface area contributed by atoms with Gasteiger partial charge in [0.25, 0.3) is 0 Å². The number of methoxy groups -OCH3 is 1. The highest BCUT2D eigenvalue weighted by Gasteiger charge is 2.31. The highest BCUT2D eigenvalue weighted by molar-refractivity contribution is 5.78. The Morgan fingerprint density at radius 1 is 1.53 bits per heavy atom. The molecule has 0 aromatic carbocycles. The Bertz CT molecular complexity index is 244. The summed E-state index contributed by atoms with van der Waals surface area (Å²) in [5, 5.41) is 0. The summed E-state index contributed by atoms with van der Waals surface area (Å²) in [6.07, 6.45) is 2.32. The van der Waals surface area contributed by atoms with Crippen LogP contribution < -0.4 is 5.73 Å². The van der Waals surface area contributed by atoms with Crippen molar-refractivity contribution in [3.05, 3.63) is 0 Å². The molecule has 0 aromatic rings. The summed E-state index contributed by atoms with van der Waals surface area (Å²) in [6, 6.07) is 0.461. The number of nitrogens with two attached hydrogens (primary N) is 1. The first-order valence-corrected chi connectivity index (χ1v) is 6.31. The predicted molar refractivity (Wildman–Crippen MR) is 67.8 cm³/mol. The molecule has 0 saturated heterocycles. The van der Waals surface area contributed by atoms with Crippen molar-refractivity contribution in [2.75, 3.05) is 40.4 Å². The van der Waals surface area contributed by atoms with Gasteiger partial charge in [0.1, 0.15) is 0 Å². The highest BCUT2D eigenvalue weighted by Crippen LogP contribution is 2.26. The number of carbonyl (C=O) groups is 1. The summed E-state index contributed by atoms with van der Waals surface area (Å²) in [5.41, 5.74) is 5.85. The quantitative estimate of drug-likeness (QED) is 0.647. The normalized spacial score (nSPS) is 17.2. The van der Waals surface area contributed by atoms with Crippen LogP contribution >= 0.6 is 0 Å². The fraction of sp³-hybridized carbons (Fsp3) is 0.917. The van der Waals surface area contributed by atoms with Crippen LogP contribution in [-0.2, 0) is 9.53 Å². The molecule has 0 bridgehead atoms. The van der Waals surface area contributed by atoms with Gasteiger partial charge in [-0.05, 0) is 26.8 Å². The Balaban J connectivity index is 2.28. The summed E-state index contributed by atoms with van der Waals surface area (Å²) >= 11 is 0. The molecule has 1 atom stereocenters. The Morgan fingerprint density at radius 3 is 2.65 bits per heavy atom. The second-order valence-corrected chi connectivity index (χ2v) is 4.82. The average molecular weight is 243 g/mol. The summed E-state index contributed by atoms with van der Waals surface area (Å²) in [6.45, 7) is 4.50. The van der Waals surface area contributed by atoms with Gasteiger partial charge in [-0.3, -0.25) is 9.69 Å². The molecule has 0 aromatic heterocycles. The lowest BCUT2D eigenvalue weighted by Gasteiger charge is -2.25. The van der Waals surface area contributed by atoms with Crippen LogP contribution in [0.25, 0.3) is 0 Å². The molecule has 5 heteroatoms. The van der Waals surface area contributed by atoms with Crippen LogP contribution in [-0.4, -0.2) is 68.2 Å². The van der Waals surface area contributed by atoms with Gasteiger partial charge in [0.05, 0.1) is 13.2 Å². The van der Waals surface area contributed by atoms with Gasteiger partial charge in [0.15, 0.2) is 0 Å². The molecule has 1 amide bonds. The zero-order valence-electron chi connectivity index (χ0n) is 11.2. The van der Waals surface area contributed by atoms with Gasteiger partial charge >= 0.3 is 0 Å². The summed E-state index contributed by atoms with van der Waals surface area (Å²) in [4.78, 5) is 16.0. The number of hydrogen-bond acceptors (Lipinski definition) is 4. The first kappa shape index (κ1) is 14.4. The molecule has 1 saturated carbocycles. The summed E-state index contributed by atoms with van der Waals surface area (Å²) < 4.78 is 4.98. The maximum atomic E-state index is 12.0. The van der Waals surface area contributed by atoms with E-state index in [1.807, 2.05) is 23.8 Å². The third-order valence-corrected chi connectivity index (χ3v) is 2.98. The first-order valence-electron chi connectivity index (χ1n) is 6.31. The molecule has 1 unspecified atom stereocenters. The van der Waals surface area contributed by atoms with Crippen LogP contribution in [0.15, 0.2) is 0 Å². The van der Waals surface area contributed by atoms with Crippen molar-refractivity contribution in [2.45, 2.75) is 31.8 Å². The minimum Gasteiger partial charge on any atom is -0.383 e. The third kappa shape index (κ3) is 5.02. The van der Waals surface area contributed by atoms with E-state index in [2.05, 4.69) is 0 Å². The minimum absolute atomic E-state index is 0.0335. The van der Waals surface area contributed by atoms with E-state index in [0.29, 0.717) is 25.7 Å². The van der Waals surface area contributed by atoms with Gasteiger partial charge in [0, 0.05) is 32.3 Å². The Kier molecular flexibility index (Phi) is 5.88. The molecular formula is C12H25N3O2. The second kappa shape index (κ2) is 6.93. The zero-order chi connectivity index (χ0) is 12.8. The van der Waals surface area contributed by atoms with Crippen LogP contribution in [0.4, 0.5) is 0 Å². The van der Waals surface area contributed by atoms with Gasteiger partial charge in [-0.1, -0.05) is 0 Å². The lowest BCUT2D eigenvalue weighted by atomic mass is 10.3. The second-order valence-electron chi connectivity index (χ2n) is 4.82. The van der Waals surface area contributed by atoms with E-state index in [9.17, 15) is 4.79 Å². The number of likely N-dealkylation sites (N-methyl/N-ethyl adjacent to an activating group) is 2. The smallest absolute Gasteiger partial charge is 0.236 e. The maximum Gasteiger partial charge on any atom is 0.236 e. The van der Waals surface area contributed by atoms with Crippen LogP contribution in [0.2, 0.25) is 0 Å². The number of nitrogens with zero attached hydrogens (tertiary/aromatic N) is 2. The SMILES string of the molecule is CCN(C(=O)CN(C)CC(N)COC)C1CC1. The topological polar surface area (TPSA) is 58.8 Å². The van der Waals surface area contributed by atoms with E-state index in [4.69, 9.17) is 10.5 Å². The molecule has 1 aliphatic rings. The number of ether oxygens (including phenoxy) is 1. The third-order valence-electron chi connectivity index (χ3n) is 2.98. The van der Waals surface area contributed by atoms with Gasteiger partial charge in [-0.2, -0.15) is 0 Å². The molecular weight excluding hydrogens is 218 g/mol. The number of amides is 1. The van der Waals surface area contributed by atoms with Crippen molar-refractivity contribution in [3.8, 4) is 0 Å². The summed E-state index contributed by atoms with van der Waals surface area (Å²) in [5.74, 6) is 0.210. The van der Waals surface area contributed by atoms with Gasteiger partial charge < -0.3 is 15.4 Å². The van der Waals surface area contributed by atoms with E-state index in [1.54, 1.807) is 7.11 Å². The fourth-order valence-electron chi connectivity index (χ4n) is 2.08. The van der Waals surface area contributed by atoms with E-state index < -0.39 is 0 Å². The van der Waals surface area contributed by atoms with Gasteiger partial charge in [-0.15, -0.1) is 0 Å². The molecule has 5 nitrogen and oxygen atoms in total. The Labute approximate surface area is 104 Å². The largest absolute Gasteiger partial charge is 0.383 e. The average Bonchev–Trinajstić information content (AvgIpc) is 3.02. The van der Waals surface area contributed by atoms with Crippen LogP contribution in [0, 0.1) is 0 Å². The Hall–Kier alpha value is -0.650. The fourth-order valence-corrected chi connectivity index (χ4v) is 2.08.